The molecule has 0 radical (unpaired) electrons. The van der Waals surface area contributed by atoms with Gasteiger partial charge in [0, 0.05) is 24.8 Å². The molecule has 0 fully saturated rings. The molecule has 0 saturated carbocycles. The third-order valence-electron chi connectivity index (χ3n) is 14.8. The molecule has 390 valence electrons. The van der Waals surface area contributed by atoms with E-state index >= 15 is 0 Å². The monoisotopic (exact) mass is 1010 g/mol. The Balaban J connectivity index is 0.000000195. The summed E-state index contributed by atoms with van der Waals surface area (Å²) in [6.45, 7) is 16.7. The maximum Gasteiger partial charge on any atom is 0.414 e. The quantitative estimate of drug-likeness (QED) is 0.0818. The molecule has 6 N–H and O–H groups in total. The van der Waals surface area contributed by atoms with Crippen LogP contribution in [0.3, 0.4) is 0 Å². The number of phenolic OH excluding ortho intramolecular Hbond substituents is 1. The van der Waals surface area contributed by atoms with Crippen LogP contribution in [0.25, 0.3) is 0 Å². The molecule has 5 aromatic carbocycles. The van der Waals surface area contributed by atoms with E-state index in [1.54, 1.807) is 31.3 Å². The Labute approximate surface area is 435 Å². The molecular weight excluding hydrogens is 935 g/mol. The number of anilines is 2. The molecule has 73 heavy (non-hydrogen) atoms. The number of carbonyl (C=O) groups excluding carboxylic acids is 2. The minimum atomic E-state index is -1.22. The van der Waals surface area contributed by atoms with Crippen molar-refractivity contribution < 1.29 is 33.1 Å². The number of methoxy groups -OCH3 is 2. The molecule has 2 unspecified atom stereocenters. The van der Waals surface area contributed by atoms with E-state index in [9.17, 15) is 18.9 Å². The first-order chi connectivity index (χ1) is 34.7. The summed E-state index contributed by atoms with van der Waals surface area (Å²) in [6, 6.07) is 28.2. The normalized spacial score (nSPS) is 19.7. The van der Waals surface area contributed by atoms with Crippen molar-refractivity contribution in [2.24, 2.45) is 17.6 Å². The van der Waals surface area contributed by atoms with Gasteiger partial charge in [0.25, 0.3) is 0 Å². The van der Waals surface area contributed by atoms with E-state index in [-0.39, 0.29) is 34.6 Å². The lowest BCUT2D eigenvalue weighted by molar-refractivity contribution is -0.123. The van der Waals surface area contributed by atoms with Crippen LogP contribution in [0.1, 0.15) is 128 Å². The van der Waals surface area contributed by atoms with Crippen LogP contribution in [0.5, 0.6) is 17.2 Å². The summed E-state index contributed by atoms with van der Waals surface area (Å²) in [6.07, 6.45) is 7.63. The van der Waals surface area contributed by atoms with Crippen molar-refractivity contribution in [1.29, 1.82) is 0 Å². The third kappa shape index (κ3) is 12.7. The zero-order valence-corrected chi connectivity index (χ0v) is 45.4. The van der Waals surface area contributed by atoms with Crippen molar-refractivity contribution in [3.8, 4) is 17.2 Å². The summed E-state index contributed by atoms with van der Waals surface area (Å²) in [5.74, 6) is 3.09. The first kappa shape index (κ1) is 53.4. The highest BCUT2D eigenvalue weighted by Gasteiger charge is 2.35. The van der Waals surface area contributed by atoms with E-state index in [0.29, 0.717) is 31.2 Å². The van der Waals surface area contributed by atoms with Crippen LogP contribution in [0, 0.1) is 25.7 Å². The van der Waals surface area contributed by atoms with Crippen molar-refractivity contribution in [2.45, 2.75) is 142 Å². The van der Waals surface area contributed by atoms with E-state index in [0.717, 1.165) is 102 Å². The average molecular weight is 1010 g/mol. The second kappa shape index (κ2) is 22.3. The minimum absolute atomic E-state index is 0.0716. The average Bonchev–Trinajstić information content (AvgIpc) is 3.95. The summed E-state index contributed by atoms with van der Waals surface area (Å²) >= 11 is 0. The molecule has 2 heterocycles. The Kier molecular flexibility index (Phi) is 16.3. The smallest absolute Gasteiger partial charge is 0.414 e. The molecule has 9 rings (SSSR count). The van der Waals surface area contributed by atoms with Gasteiger partial charge in [-0.1, -0.05) is 48.5 Å². The van der Waals surface area contributed by atoms with Crippen molar-refractivity contribution in [3.63, 3.8) is 0 Å². The summed E-state index contributed by atoms with van der Waals surface area (Å²) in [5, 5.41) is 16.5. The fourth-order valence-corrected chi connectivity index (χ4v) is 12.1. The topological polar surface area (TPSA) is 164 Å². The van der Waals surface area contributed by atoms with E-state index in [1.165, 1.54) is 33.4 Å². The molecule has 6 atom stereocenters. The van der Waals surface area contributed by atoms with Crippen molar-refractivity contribution in [2.75, 3.05) is 37.5 Å². The first-order valence-corrected chi connectivity index (χ1v) is 27.2. The van der Waals surface area contributed by atoms with Gasteiger partial charge in [0.1, 0.15) is 22.8 Å². The van der Waals surface area contributed by atoms with Gasteiger partial charge in [-0.2, -0.15) is 0 Å². The summed E-state index contributed by atoms with van der Waals surface area (Å²) < 4.78 is 32.8. The van der Waals surface area contributed by atoms with Crippen LogP contribution in [-0.2, 0) is 65.5 Å². The predicted octanol–water partition coefficient (Wildman–Crippen LogP) is 10.4. The van der Waals surface area contributed by atoms with E-state index in [1.807, 2.05) is 73.6 Å². The second-order valence-electron chi connectivity index (χ2n) is 22.6. The van der Waals surface area contributed by atoms with E-state index < -0.39 is 22.6 Å². The molecule has 2 amide bonds. The molecule has 13 heteroatoms. The highest BCUT2D eigenvalue weighted by Crippen LogP contribution is 2.40. The number of benzene rings is 5. The number of nitrogens with two attached hydrogens (primary N) is 1. The van der Waals surface area contributed by atoms with Crippen LogP contribution in [-0.4, -0.2) is 65.0 Å². The molecule has 2 aliphatic carbocycles. The van der Waals surface area contributed by atoms with E-state index in [2.05, 4.69) is 70.0 Å². The number of hydrogen-bond acceptors (Lipinski definition) is 9. The van der Waals surface area contributed by atoms with Crippen LogP contribution in [0.15, 0.2) is 84.9 Å². The number of aromatic hydroxyl groups is 1. The first-order valence-electron chi connectivity index (χ1n) is 26.0. The van der Waals surface area contributed by atoms with Gasteiger partial charge in [-0.05, 0) is 223 Å². The Morgan fingerprint density at radius 1 is 0.781 bits per heavy atom. The van der Waals surface area contributed by atoms with Crippen LogP contribution >= 0.6 is 0 Å². The lowest BCUT2D eigenvalue weighted by Crippen LogP contribution is -2.44. The van der Waals surface area contributed by atoms with Gasteiger partial charge in [-0.3, -0.25) is 9.69 Å². The van der Waals surface area contributed by atoms with Gasteiger partial charge in [-0.15, -0.1) is 0 Å². The van der Waals surface area contributed by atoms with Crippen molar-refractivity contribution >= 4 is 34.4 Å². The zero-order chi connectivity index (χ0) is 52.4. The maximum atomic E-state index is 13.1. The number of ether oxygens (including phenoxy) is 3. The van der Waals surface area contributed by atoms with Gasteiger partial charge in [0.15, 0.2) is 0 Å². The van der Waals surface area contributed by atoms with Crippen molar-refractivity contribution in [3.05, 3.63) is 146 Å². The largest absolute Gasteiger partial charge is 0.508 e. The fourth-order valence-electron chi connectivity index (χ4n) is 11.2. The summed E-state index contributed by atoms with van der Waals surface area (Å²) in [4.78, 5) is 27.9. The third-order valence-corrected chi connectivity index (χ3v) is 16.4. The van der Waals surface area contributed by atoms with Gasteiger partial charge in [-0.25, -0.2) is 13.7 Å². The van der Waals surface area contributed by atoms with Crippen molar-refractivity contribution in [1.82, 2.24) is 10.0 Å². The molecule has 12 nitrogen and oxygen atoms in total. The molecule has 0 saturated heterocycles. The van der Waals surface area contributed by atoms with Gasteiger partial charge in [0.2, 0.25) is 5.91 Å². The Morgan fingerprint density at radius 2 is 1.36 bits per heavy atom. The predicted molar refractivity (Wildman–Crippen MR) is 293 cm³/mol. The highest BCUT2D eigenvalue weighted by molar-refractivity contribution is 7.84. The number of carbonyl (C=O) groups is 2. The molecular formula is C60H77N5O7S. The molecule has 0 spiro atoms. The number of nitrogens with one attached hydrogen (secondary N) is 3. The van der Waals surface area contributed by atoms with Gasteiger partial charge in [0.05, 0.1) is 47.7 Å². The highest BCUT2D eigenvalue weighted by atomic mass is 32.2. The maximum absolute atomic E-state index is 13.1. The number of rotatable bonds is 12. The number of aryl methyl sites for hydroxylation is 2. The molecule has 0 bridgehead atoms. The standard InChI is InChI=1S/C31H37N3O3.C29H40N2O4S/c1-18-11-23(35)12-19(2)24(18)17-27(32)31(36)34-29-9-10-33-28-8-7-20(15-26(28)29)13-21-14-22-5-4-6-30(37-3)25(22)16-21;1-28(2,3)35-27(32)31-14-13-24(30-36(33)29(4,5)6)23-17-19(11-12-25(23)31)15-20-16-21-9-8-10-26(34-7)22(21)18-20/h4-8,11-12,15,21,27,29,33,35H,9-10,13-14,16-17,32H2,1-3H3,(H,34,36);8-12,17,20,24,30H,13-16,18H2,1-7H3/t21?,27-,29+;20?,24-,36-/m01/s1. The van der Waals surface area contributed by atoms with Crippen LogP contribution < -0.4 is 35.5 Å². The SMILES string of the molecule is COc1cccc2c1CC(Cc1ccc3c(c1)[C@H](NC(=O)[C@@H](N)Cc1c(C)cc(O)cc1C)CCN3)C2.COc1cccc2c1CC(Cc1ccc3c(c1)[C@H](N[S@](=O)C(C)(C)C)CCN3C(=O)OC(C)(C)C)C2. The zero-order valence-electron chi connectivity index (χ0n) is 44.6. The molecule has 5 aromatic rings. The lowest BCUT2D eigenvalue weighted by Gasteiger charge is -2.36. The number of amides is 2. The molecule has 0 aromatic heterocycles. The Bertz CT molecular complexity index is 2830. The number of hydrogen-bond donors (Lipinski definition) is 5. The Hall–Kier alpha value is -5.89. The summed E-state index contributed by atoms with van der Waals surface area (Å²) in [7, 11) is 2.26. The Morgan fingerprint density at radius 3 is 1.92 bits per heavy atom. The second-order valence-corrected chi connectivity index (χ2v) is 24.6. The lowest BCUT2D eigenvalue weighted by atomic mass is 9.91. The minimum Gasteiger partial charge on any atom is -0.508 e. The number of nitrogens with zero attached hydrogens (tertiary/aromatic N) is 1. The fraction of sp³-hybridized carbons (Fsp3) is 0.467. The molecule has 2 aliphatic heterocycles. The number of phenols is 1. The van der Waals surface area contributed by atoms with Crippen LogP contribution in [0.4, 0.5) is 16.2 Å². The van der Waals surface area contributed by atoms with Gasteiger partial charge >= 0.3 is 6.09 Å². The van der Waals surface area contributed by atoms with Gasteiger partial charge < -0.3 is 35.7 Å². The van der Waals surface area contributed by atoms with Crippen LogP contribution in [0.2, 0.25) is 0 Å². The number of fused-ring (bicyclic) bond motifs is 4. The van der Waals surface area contributed by atoms with E-state index in [4.69, 9.17) is 19.9 Å². The molecule has 4 aliphatic rings. The summed E-state index contributed by atoms with van der Waals surface area (Å²) in [5.41, 5.74) is 20.7.